The molecule has 0 aliphatic carbocycles. The van der Waals surface area contributed by atoms with Gasteiger partial charge in [0.15, 0.2) is 0 Å². The summed E-state index contributed by atoms with van der Waals surface area (Å²) in [7, 11) is 0. The molecule has 2 heterocycles. The largest absolute Gasteiger partial charge is 0.384 e. The van der Waals surface area contributed by atoms with E-state index in [1.165, 1.54) is 11.1 Å². The molecule has 0 fully saturated rings. The van der Waals surface area contributed by atoms with Crippen molar-refractivity contribution in [3.63, 3.8) is 0 Å². The monoisotopic (exact) mass is 254 g/mol. The molecule has 4 nitrogen and oxygen atoms in total. The molecule has 0 amide bonds. The van der Waals surface area contributed by atoms with Crippen molar-refractivity contribution in [2.75, 3.05) is 23.7 Å². The van der Waals surface area contributed by atoms with Crippen molar-refractivity contribution in [1.82, 2.24) is 9.97 Å². The molecule has 0 atom stereocenters. The Morgan fingerprint density at radius 2 is 1.68 bits per heavy atom. The summed E-state index contributed by atoms with van der Waals surface area (Å²) in [6, 6.07) is 10.5. The summed E-state index contributed by atoms with van der Waals surface area (Å²) < 4.78 is 0. The molecule has 2 aromatic rings. The number of fused-ring (bicyclic) bond motifs is 1. The average Bonchev–Trinajstić information content (AvgIpc) is 2.60. The van der Waals surface area contributed by atoms with Gasteiger partial charge in [-0.15, -0.1) is 0 Å². The summed E-state index contributed by atoms with van der Waals surface area (Å²) in [5.74, 6) is 2.22. The van der Waals surface area contributed by atoms with Gasteiger partial charge in [0.05, 0.1) is 0 Å². The Balaban J connectivity index is 1.85. The zero-order valence-electron chi connectivity index (χ0n) is 11.1. The van der Waals surface area contributed by atoms with Gasteiger partial charge in [0.2, 0.25) is 0 Å². The highest BCUT2D eigenvalue weighted by molar-refractivity contribution is 5.48. The molecule has 19 heavy (non-hydrogen) atoms. The number of anilines is 2. The highest BCUT2D eigenvalue weighted by Crippen LogP contribution is 2.20. The summed E-state index contributed by atoms with van der Waals surface area (Å²) >= 11 is 0. The fraction of sp³-hybridized carbons (Fsp3) is 0.333. The van der Waals surface area contributed by atoms with Gasteiger partial charge < -0.3 is 10.6 Å². The maximum Gasteiger partial charge on any atom is 0.134 e. The van der Waals surface area contributed by atoms with Crippen molar-refractivity contribution in [3.8, 4) is 0 Å². The number of nitrogen functional groups attached to an aromatic ring is 1. The Labute approximate surface area is 113 Å². The van der Waals surface area contributed by atoms with Crippen LogP contribution in [0.25, 0.3) is 0 Å². The van der Waals surface area contributed by atoms with Crippen molar-refractivity contribution in [1.29, 1.82) is 0 Å². The highest BCUT2D eigenvalue weighted by atomic mass is 15.2. The van der Waals surface area contributed by atoms with Crippen molar-refractivity contribution in [3.05, 3.63) is 47.3 Å². The van der Waals surface area contributed by atoms with E-state index in [2.05, 4.69) is 39.1 Å². The summed E-state index contributed by atoms with van der Waals surface area (Å²) in [6.07, 6.45) is 2.11. The van der Waals surface area contributed by atoms with Crippen LogP contribution < -0.4 is 10.6 Å². The molecule has 2 N–H and O–H groups in total. The SMILES string of the molecule is Cc1nc(N)cc(N2CCc3ccccc3CC2)n1. The van der Waals surface area contributed by atoms with Crippen LogP contribution in [0.2, 0.25) is 0 Å². The Hall–Kier alpha value is -2.10. The van der Waals surface area contributed by atoms with Crippen molar-refractivity contribution >= 4 is 11.6 Å². The van der Waals surface area contributed by atoms with E-state index < -0.39 is 0 Å². The van der Waals surface area contributed by atoms with Gasteiger partial charge in [0.25, 0.3) is 0 Å². The van der Waals surface area contributed by atoms with E-state index in [-0.39, 0.29) is 0 Å². The van der Waals surface area contributed by atoms with Gasteiger partial charge in [0, 0.05) is 19.2 Å². The minimum Gasteiger partial charge on any atom is -0.384 e. The molecule has 1 aliphatic heterocycles. The summed E-state index contributed by atoms with van der Waals surface area (Å²) in [5, 5.41) is 0. The van der Waals surface area contributed by atoms with Gasteiger partial charge in [-0.25, -0.2) is 9.97 Å². The molecular weight excluding hydrogens is 236 g/mol. The molecular formula is C15H18N4. The fourth-order valence-electron chi connectivity index (χ4n) is 2.63. The Morgan fingerprint density at radius 1 is 1.05 bits per heavy atom. The number of hydrogen-bond donors (Lipinski definition) is 1. The van der Waals surface area contributed by atoms with Crippen LogP contribution in [0.5, 0.6) is 0 Å². The predicted molar refractivity (Wildman–Crippen MR) is 77.2 cm³/mol. The molecule has 0 spiro atoms. The molecule has 1 aromatic carbocycles. The topological polar surface area (TPSA) is 55.0 Å². The van der Waals surface area contributed by atoms with E-state index >= 15 is 0 Å². The number of aromatic nitrogens is 2. The molecule has 0 bridgehead atoms. The first kappa shape index (κ1) is 12.0. The zero-order valence-corrected chi connectivity index (χ0v) is 11.1. The van der Waals surface area contributed by atoms with E-state index in [9.17, 15) is 0 Å². The van der Waals surface area contributed by atoms with E-state index in [4.69, 9.17) is 5.73 Å². The maximum atomic E-state index is 5.81. The third kappa shape index (κ3) is 2.52. The summed E-state index contributed by atoms with van der Waals surface area (Å²) in [6.45, 7) is 3.84. The van der Waals surface area contributed by atoms with Gasteiger partial charge in [0.1, 0.15) is 17.5 Å². The minimum absolute atomic E-state index is 0.546. The zero-order chi connectivity index (χ0) is 13.2. The molecule has 0 saturated heterocycles. The first-order chi connectivity index (χ1) is 9.22. The van der Waals surface area contributed by atoms with Gasteiger partial charge in [-0.3, -0.25) is 0 Å². The predicted octanol–water partition coefficient (Wildman–Crippen LogP) is 1.97. The first-order valence-electron chi connectivity index (χ1n) is 6.65. The summed E-state index contributed by atoms with van der Waals surface area (Å²) in [5.41, 5.74) is 8.71. The maximum absolute atomic E-state index is 5.81. The number of hydrogen-bond acceptors (Lipinski definition) is 4. The van der Waals surface area contributed by atoms with E-state index in [1.807, 2.05) is 13.0 Å². The normalized spacial score (nSPS) is 14.9. The van der Waals surface area contributed by atoms with Crippen LogP contribution in [0.1, 0.15) is 17.0 Å². The van der Waals surface area contributed by atoms with E-state index in [0.717, 1.165) is 37.6 Å². The standard InChI is InChI=1S/C15H18N4/c1-11-17-14(16)10-15(18-11)19-8-6-12-4-2-3-5-13(12)7-9-19/h2-5,10H,6-9H2,1H3,(H2,16,17,18). The van der Waals surface area contributed by atoms with E-state index in [0.29, 0.717) is 5.82 Å². The van der Waals surface area contributed by atoms with Crippen LogP contribution in [0, 0.1) is 6.92 Å². The average molecular weight is 254 g/mol. The van der Waals surface area contributed by atoms with Crippen LogP contribution in [0.3, 0.4) is 0 Å². The second-order valence-corrected chi connectivity index (χ2v) is 4.95. The first-order valence-corrected chi connectivity index (χ1v) is 6.65. The van der Waals surface area contributed by atoms with Gasteiger partial charge >= 0.3 is 0 Å². The van der Waals surface area contributed by atoms with Crippen LogP contribution in [0.15, 0.2) is 30.3 Å². The molecule has 98 valence electrons. The summed E-state index contributed by atoms with van der Waals surface area (Å²) in [4.78, 5) is 10.9. The second kappa shape index (κ2) is 4.88. The van der Waals surface area contributed by atoms with Crippen LogP contribution >= 0.6 is 0 Å². The van der Waals surface area contributed by atoms with Crippen LogP contribution in [-0.2, 0) is 12.8 Å². The molecule has 1 aromatic heterocycles. The number of nitrogens with zero attached hydrogens (tertiary/aromatic N) is 3. The molecule has 0 saturated carbocycles. The second-order valence-electron chi connectivity index (χ2n) is 4.95. The lowest BCUT2D eigenvalue weighted by atomic mass is 10.0. The number of nitrogens with two attached hydrogens (primary N) is 1. The molecule has 0 unspecified atom stereocenters. The number of rotatable bonds is 1. The van der Waals surface area contributed by atoms with Gasteiger partial charge in [-0.1, -0.05) is 24.3 Å². The van der Waals surface area contributed by atoms with Gasteiger partial charge in [-0.05, 0) is 30.9 Å². The van der Waals surface area contributed by atoms with E-state index in [1.54, 1.807) is 0 Å². The molecule has 3 rings (SSSR count). The number of aryl methyl sites for hydroxylation is 1. The lowest BCUT2D eigenvalue weighted by Gasteiger charge is -2.21. The van der Waals surface area contributed by atoms with Crippen LogP contribution in [-0.4, -0.2) is 23.1 Å². The Bertz CT molecular complexity index is 547. The fourth-order valence-corrected chi connectivity index (χ4v) is 2.63. The molecule has 4 heteroatoms. The van der Waals surface area contributed by atoms with Crippen molar-refractivity contribution < 1.29 is 0 Å². The molecule has 1 aliphatic rings. The third-order valence-corrected chi connectivity index (χ3v) is 3.59. The van der Waals surface area contributed by atoms with Crippen LogP contribution in [0.4, 0.5) is 11.6 Å². The Morgan fingerprint density at radius 3 is 2.26 bits per heavy atom. The minimum atomic E-state index is 0.546. The Kier molecular flexibility index (Phi) is 3.07. The number of benzene rings is 1. The highest BCUT2D eigenvalue weighted by Gasteiger charge is 2.15. The van der Waals surface area contributed by atoms with Crippen molar-refractivity contribution in [2.45, 2.75) is 19.8 Å². The lowest BCUT2D eigenvalue weighted by Crippen LogP contribution is -2.27. The third-order valence-electron chi connectivity index (χ3n) is 3.59. The quantitative estimate of drug-likeness (QED) is 0.845. The van der Waals surface area contributed by atoms with Gasteiger partial charge in [-0.2, -0.15) is 0 Å². The smallest absolute Gasteiger partial charge is 0.134 e. The lowest BCUT2D eigenvalue weighted by molar-refractivity contribution is 0.784. The van der Waals surface area contributed by atoms with Crippen molar-refractivity contribution in [2.24, 2.45) is 0 Å². The molecule has 0 radical (unpaired) electrons.